The molecule has 7 nitrogen and oxygen atoms in total. The van der Waals surface area contributed by atoms with Gasteiger partial charge in [-0.25, -0.2) is 9.48 Å². The maximum atomic E-state index is 11.9. The van der Waals surface area contributed by atoms with Crippen LogP contribution in [0.15, 0.2) is 0 Å². The van der Waals surface area contributed by atoms with Gasteiger partial charge in [0.05, 0.1) is 18.8 Å². The van der Waals surface area contributed by atoms with E-state index in [0.717, 1.165) is 31.4 Å². The van der Waals surface area contributed by atoms with E-state index in [1.165, 1.54) is 0 Å². The standard InChI is InChI=1S/C14H20N4O3/c1-2-21-14(20)12-13(9-3-4-9)18(17-16-12)8-7-11(19)15-10-5-6-10/h9-10H,2-8H2,1H3,(H,15,19). The summed E-state index contributed by atoms with van der Waals surface area (Å²) in [4.78, 5) is 23.6. The maximum absolute atomic E-state index is 11.9. The van der Waals surface area contributed by atoms with Gasteiger partial charge in [-0.05, 0) is 32.6 Å². The van der Waals surface area contributed by atoms with Crippen molar-refractivity contribution in [2.24, 2.45) is 0 Å². The second-order valence-corrected chi connectivity index (χ2v) is 5.63. The molecule has 0 unspecified atom stereocenters. The number of hydrogen-bond acceptors (Lipinski definition) is 5. The van der Waals surface area contributed by atoms with E-state index in [4.69, 9.17) is 4.74 Å². The number of aryl methyl sites for hydroxylation is 1. The van der Waals surface area contributed by atoms with Crippen molar-refractivity contribution in [3.8, 4) is 0 Å². The van der Waals surface area contributed by atoms with Crippen LogP contribution < -0.4 is 5.32 Å². The molecule has 7 heteroatoms. The molecule has 1 heterocycles. The highest BCUT2D eigenvalue weighted by Crippen LogP contribution is 2.41. The molecular weight excluding hydrogens is 272 g/mol. The van der Waals surface area contributed by atoms with Crippen LogP contribution in [-0.2, 0) is 16.1 Å². The highest BCUT2D eigenvalue weighted by Gasteiger charge is 2.34. The Kier molecular flexibility index (Phi) is 3.90. The Labute approximate surface area is 123 Å². The van der Waals surface area contributed by atoms with Crippen molar-refractivity contribution in [3.63, 3.8) is 0 Å². The number of carbonyl (C=O) groups is 2. The third-order valence-corrected chi connectivity index (χ3v) is 3.70. The van der Waals surface area contributed by atoms with Crippen LogP contribution >= 0.6 is 0 Å². The van der Waals surface area contributed by atoms with Crippen LogP contribution in [-0.4, -0.2) is 39.5 Å². The molecule has 2 saturated carbocycles. The third-order valence-electron chi connectivity index (χ3n) is 3.70. The van der Waals surface area contributed by atoms with Gasteiger partial charge in [-0.1, -0.05) is 5.21 Å². The summed E-state index contributed by atoms with van der Waals surface area (Å²) in [5, 5.41) is 10.9. The van der Waals surface area contributed by atoms with Gasteiger partial charge in [0.1, 0.15) is 0 Å². The van der Waals surface area contributed by atoms with Crippen molar-refractivity contribution in [2.75, 3.05) is 6.61 Å². The first kappa shape index (κ1) is 14.0. The lowest BCUT2D eigenvalue weighted by Crippen LogP contribution is -2.26. The molecule has 0 spiro atoms. The van der Waals surface area contributed by atoms with E-state index in [1.807, 2.05) is 0 Å². The zero-order valence-corrected chi connectivity index (χ0v) is 12.2. The number of carbonyl (C=O) groups excluding carboxylic acids is 2. The fraction of sp³-hybridized carbons (Fsp3) is 0.714. The predicted molar refractivity (Wildman–Crippen MR) is 73.7 cm³/mol. The average Bonchev–Trinajstić information content (AvgIpc) is 3.37. The Morgan fingerprint density at radius 1 is 1.33 bits per heavy atom. The third kappa shape index (κ3) is 3.40. The second kappa shape index (κ2) is 5.83. The molecular formula is C14H20N4O3. The largest absolute Gasteiger partial charge is 0.461 e. The summed E-state index contributed by atoms with van der Waals surface area (Å²) in [5.41, 5.74) is 1.13. The first-order chi connectivity index (χ1) is 10.2. The van der Waals surface area contributed by atoms with E-state index in [9.17, 15) is 9.59 Å². The van der Waals surface area contributed by atoms with Crippen molar-refractivity contribution < 1.29 is 14.3 Å². The van der Waals surface area contributed by atoms with Gasteiger partial charge in [0, 0.05) is 18.4 Å². The van der Waals surface area contributed by atoms with E-state index in [0.29, 0.717) is 37.2 Å². The quantitative estimate of drug-likeness (QED) is 0.758. The number of ether oxygens (including phenoxy) is 1. The number of nitrogens with zero attached hydrogens (tertiary/aromatic N) is 3. The number of amides is 1. The highest BCUT2D eigenvalue weighted by molar-refractivity contribution is 5.88. The summed E-state index contributed by atoms with van der Waals surface area (Å²) in [7, 11) is 0. The first-order valence-corrected chi connectivity index (χ1v) is 7.59. The molecule has 2 fully saturated rings. The number of rotatable bonds is 7. The average molecular weight is 292 g/mol. The zero-order chi connectivity index (χ0) is 14.8. The number of nitrogens with one attached hydrogen (secondary N) is 1. The minimum atomic E-state index is -0.423. The maximum Gasteiger partial charge on any atom is 0.360 e. The Bertz CT molecular complexity index is 546. The lowest BCUT2D eigenvalue weighted by Gasteiger charge is -2.07. The number of esters is 1. The van der Waals surface area contributed by atoms with Gasteiger partial charge in [0.2, 0.25) is 5.91 Å². The molecule has 0 aliphatic heterocycles. The van der Waals surface area contributed by atoms with Gasteiger partial charge >= 0.3 is 5.97 Å². The van der Waals surface area contributed by atoms with Crippen molar-refractivity contribution in [1.29, 1.82) is 0 Å². The first-order valence-electron chi connectivity index (χ1n) is 7.59. The Morgan fingerprint density at radius 3 is 2.71 bits per heavy atom. The molecule has 1 N–H and O–H groups in total. The summed E-state index contributed by atoms with van der Waals surface area (Å²) in [6, 6.07) is 0.367. The molecule has 1 amide bonds. The molecule has 0 aromatic carbocycles. The molecule has 2 aliphatic carbocycles. The van der Waals surface area contributed by atoms with E-state index in [-0.39, 0.29) is 5.91 Å². The smallest absolute Gasteiger partial charge is 0.360 e. The second-order valence-electron chi connectivity index (χ2n) is 5.63. The molecule has 1 aromatic rings. The van der Waals surface area contributed by atoms with E-state index >= 15 is 0 Å². The summed E-state index contributed by atoms with van der Waals surface area (Å²) < 4.78 is 6.70. The molecule has 0 atom stereocenters. The Balaban J connectivity index is 1.66. The van der Waals surface area contributed by atoms with Crippen LogP contribution in [0.3, 0.4) is 0 Å². The van der Waals surface area contributed by atoms with E-state index < -0.39 is 5.97 Å². The summed E-state index contributed by atoms with van der Waals surface area (Å²) >= 11 is 0. The number of aromatic nitrogens is 3. The summed E-state index contributed by atoms with van der Waals surface area (Å²) in [5.74, 6) is -0.0635. The molecule has 3 rings (SSSR count). The van der Waals surface area contributed by atoms with Gasteiger partial charge in [0.25, 0.3) is 0 Å². The van der Waals surface area contributed by atoms with Crippen LogP contribution in [0.1, 0.15) is 61.1 Å². The molecule has 2 aliphatic rings. The fourth-order valence-electron chi connectivity index (χ4n) is 2.33. The van der Waals surface area contributed by atoms with Crippen molar-refractivity contribution >= 4 is 11.9 Å². The molecule has 0 saturated heterocycles. The van der Waals surface area contributed by atoms with E-state index in [1.54, 1.807) is 11.6 Å². The van der Waals surface area contributed by atoms with Crippen LogP contribution in [0, 0.1) is 0 Å². The van der Waals surface area contributed by atoms with E-state index in [2.05, 4.69) is 15.6 Å². The van der Waals surface area contributed by atoms with Crippen molar-refractivity contribution in [2.45, 2.75) is 57.5 Å². The minimum absolute atomic E-state index is 0.0347. The lowest BCUT2D eigenvalue weighted by molar-refractivity contribution is -0.121. The molecule has 1 aromatic heterocycles. The van der Waals surface area contributed by atoms with Gasteiger partial charge in [-0.3, -0.25) is 4.79 Å². The van der Waals surface area contributed by atoms with Gasteiger partial charge in [-0.2, -0.15) is 0 Å². The van der Waals surface area contributed by atoms with Gasteiger partial charge in [-0.15, -0.1) is 5.10 Å². The SMILES string of the molecule is CCOC(=O)c1nnn(CCC(=O)NC2CC2)c1C1CC1. The highest BCUT2D eigenvalue weighted by atomic mass is 16.5. The molecule has 0 radical (unpaired) electrons. The molecule has 114 valence electrons. The minimum Gasteiger partial charge on any atom is -0.461 e. The van der Waals surface area contributed by atoms with Crippen molar-refractivity contribution in [1.82, 2.24) is 20.3 Å². The Hall–Kier alpha value is -1.92. The van der Waals surface area contributed by atoms with Gasteiger partial charge in [0.15, 0.2) is 5.69 Å². The zero-order valence-electron chi connectivity index (χ0n) is 12.2. The summed E-state index contributed by atoms with van der Waals surface area (Å²) in [6.07, 6.45) is 4.59. The Morgan fingerprint density at radius 2 is 2.10 bits per heavy atom. The summed E-state index contributed by atoms with van der Waals surface area (Å²) in [6.45, 7) is 2.54. The fourth-order valence-corrected chi connectivity index (χ4v) is 2.33. The van der Waals surface area contributed by atoms with Gasteiger partial charge < -0.3 is 10.1 Å². The van der Waals surface area contributed by atoms with Crippen LogP contribution in [0.5, 0.6) is 0 Å². The topological polar surface area (TPSA) is 86.1 Å². The van der Waals surface area contributed by atoms with Crippen LogP contribution in [0.4, 0.5) is 0 Å². The normalized spacial score (nSPS) is 17.6. The predicted octanol–water partition coefficient (Wildman–Crippen LogP) is 1.00. The monoisotopic (exact) mass is 292 g/mol. The molecule has 0 bridgehead atoms. The lowest BCUT2D eigenvalue weighted by atomic mass is 10.2. The van der Waals surface area contributed by atoms with Crippen LogP contribution in [0.2, 0.25) is 0 Å². The molecule has 21 heavy (non-hydrogen) atoms. The van der Waals surface area contributed by atoms with Crippen molar-refractivity contribution in [3.05, 3.63) is 11.4 Å². The number of hydrogen-bond donors (Lipinski definition) is 1. The van der Waals surface area contributed by atoms with Crippen LogP contribution in [0.25, 0.3) is 0 Å².